The van der Waals surface area contributed by atoms with Gasteiger partial charge in [0.15, 0.2) is 0 Å². The van der Waals surface area contributed by atoms with E-state index in [1.165, 1.54) is 36.0 Å². The molecule has 1 rings (SSSR count). The van der Waals surface area contributed by atoms with Crippen molar-refractivity contribution in [2.45, 2.75) is 39.5 Å². The summed E-state index contributed by atoms with van der Waals surface area (Å²) < 4.78 is 0. The third-order valence-corrected chi connectivity index (χ3v) is 2.57. The van der Waals surface area contributed by atoms with Gasteiger partial charge in [-0.05, 0) is 42.9 Å². The van der Waals surface area contributed by atoms with Gasteiger partial charge in [0.2, 0.25) is 0 Å². The molecule has 0 heterocycles. The SMILES string of the molecule is C=CC=C(CCC)C1=CCCC=C1C. The first kappa shape index (κ1) is 11.0. The van der Waals surface area contributed by atoms with Crippen LogP contribution in [-0.4, -0.2) is 0 Å². The summed E-state index contributed by atoms with van der Waals surface area (Å²) in [6.07, 6.45) is 13.5. The minimum Gasteiger partial charge on any atom is -0.0991 e. The maximum atomic E-state index is 3.78. The van der Waals surface area contributed by atoms with Crippen LogP contribution < -0.4 is 0 Å². The number of rotatable bonds is 4. The molecule has 0 radical (unpaired) electrons. The Labute approximate surface area is 87.7 Å². The van der Waals surface area contributed by atoms with Crippen LogP contribution in [0.25, 0.3) is 0 Å². The van der Waals surface area contributed by atoms with Gasteiger partial charge in [-0.3, -0.25) is 0 Å². The summed E-state index contributed by atoms with van der Waals surface area (Å²) in [5.74, 6) is 0. The first-order chi connectivity index (χ1) is 6.79. The number of hydrogen-bond acceptors (Lipinski definition) is 0. The van der Waals surface area contributed by atoms with E-state index in [4.69, 9.17) is 0 Å². The summed E-state index contributed by atoms with van der Waals surface area (Å²) in [6.45, 7) is 8.21. The fraction of sp³-hybridized carbons (Fsp3) is 0.429. The highest BCUT2D eigenvalue weighted by Gasteiger charge is 2.08. The van der Waals surface area contributed by atoms with E-state index >= 15 is 0 Å². The van der Waals surface area contributed by atoms with Crippen molar-refractivity contribution < 1.29 is 0 Å². The lowest BCUT2D eigenvalue weighted by Crippen LogP contribution is -1.96. The lowest BCUT2D eigenvalue weighted by Gasteiger charge is -2.15. The summed E-state index contributed by atoms with van der Waals surface area (Å²) in [5.41, 5.74) is 4.31. The number of allylic oxidation sites excluding steroid dienone is 7. The van der Waals surface area contributed by atoms with E-state index in [1.54, 1.807) is 0 Å². The molecule has 0 spiro atoms. The predicted molar refractivity (Wildman–Crippen MR) is 64.3 cm³/mol. The fourth-order valence-corrected chi connectivity index (χ4v) is 1.90. The molecular weight excluding hydrogens is 168 g/mol. The van der Waals surface area contributed by atoms with Crippen molar-refractivity contribution in [1.29, 1.82) is 0 Å². The van der Waals surface area contributed by atoms with Crippen LogP contribution in [0.4, 0.5) is 0 Å². The van der Waals surface area contributed by atoms with Crippen LogP contribution in [0, 0.1) is 0 Å². The Morgan fingerprint density at radius 2 is 2.14 bits per heavy atom. The Kier molecular flexibility index (Phi) is 4.45. The summed E-state index contributed by atoms with van der Waals surface area (Å²) >= 11 is 0. The Balaban J connectivity index is 2.87. The molecule has 0 saturated carbocycles. The van der Waals surface area contributed by atoms with E-state index in [2.05, 4.69) is 38.7 Å². The third kappa shape index (κ3) is 2.73. The molecule has 0 unspecified atom stereocenters. The third-order valence-electron chi connectivity index (χ3n) is 2.57. The normalized spacial score (nSPS) is 17.4. The van der Waals surface area contributed by atoms with Crippen molar-refractivity contribution in [3.05, 3.63) is 47.6 Å². The molecule has 0 N–H and O–H groups in total. The van der Waals surface area contributed by atoms with Crippen LogP contribution in [0.5, 0.6) is 0 Å². The van der Waals surface area contributed by atoms with Gasteiger partial charge in [0.05, 0.1) is 0 Å². The molecule has 0 bridgehead atoms. The van der Waals surface area contributed by atoms with Crippen LogP contribution in [0.15, 0.2) is 47.6 Å². The standard InChI is InChI=1S/C14H20/c1-4-8-13(9-5-2)14-11-7-6-10-12(14)3/h4,8,10-11H,1,5-7,9H2,2-3H3. The quantitative estimate of drug-likeness (QED) is 0.567. The summed E-state index contributed by atoms with van der Waals surface area (Å²) in [5, 5.41) is 0. The fourth-order valence-electron chi connectivity index (χ4n) is 1.90. The zero-order chi connectivity index (χ0) is 10.4. The maximum Gasteiger partial charge on any atom is -0.0238 e. The molecule has 14 heavy (non-hydrogen) atoms. The van der Waals surface area contributed by atoms with Crippen molar-refractivity contribution in [3.8, 4) is 0 Å². The lowest BCUT2D eigenvalue weighted by atomic mass is 9.90. The van der Waals surface area contributed by atoms with Crippen LogP contribution in [0.2, 0.25) is 0 Å². The van der Waals surface area contributed by atoms with E-state index in [-0.39, 0.29) is 0 Å². The smallest absolute Gasteiger partial charge is 0.0238 e. The maximum absolute atomic E-state index is 3.78. The monoisotopic (exact) mass is 188 g/mol. The van der Waals surface area contributed by atoms with Gasteiger partial charge in [-0.15, -0.1) is 0 Å². The van der Waals surface area contributed by atoms with Gasteiger partial charge in [-0.25, -0.2) is 0 Å². The summed E-state index contributed by atoms with van der Waals surface area (Å²) in [7, 11) is 0. The van der Waals surface area contributed by atoms with Gasteiger partial charge in [0, 0.05) is 0 Å². The first-order valence-electron chi connectivity index (χ1n) is 5.48. The van der Waals surface area contributed by atoms with Crippen molar-refractivity contribution in [2.75, 3.05) is 0 Å². The molecule has 0 saturated heterocycles. The summed E-state index contributed by atoms with van der Waals surface area (Å²) in [4.78, 5) is 0. The Hall–Kier alpha value is -1.04. The van der Waals surface area contributed by atoms with Crippen molar-refractivity contribution in [3.63, 3.8) is 0 Å². The van der Waals surface area contributed by atoms with E-state index in [9.17, 15) is 0 Å². The molecule has 0 fully saturated rings. The van der Waals surface area contributed by atoms with Gasteiger partial charge in [0.1, 0.15) is 0 Å². The van der Waals surface area contributed by atoms with Crippen molar-refractivity contribution in [1.82, 2.24) is 0 Å². The summed E-state index contributed by atoms with van der Waals surface area (Å²) in [6, 6.07) is 0. The van der Waals surface area contributed by atoms with E-state index in [0.717, 1.165) is 6.42 Å². The van der Waals surface area contributed by atoms with Gasteiger partial charge >= 0.3 is 0 Å². The first-order valence-corrected chi connectivity index (χ1v) is 5.48. The Morgan fingerprint density at radius 3 is 2.71 bits per heavy atom. The molecule has 76 valence electrons. The highest BCUT2D eigenvalue weighted by atomic mass is 14.1. The zero-order valence-electron chi connectivity index (χ0n) is 9.34. The minimum absolute atomic E-state index is 1.16. The molecule has 0 aliphatic heterocycles. The molecule has 0 amide bonds. The van der Waals surface area contributed by atoms with Crippen molar-refractivity contribution >= 4 is 0 Å². The highest BCUT2D eigenvalue weighted by Crippen LogP contribution is 2.27. The van der Waals surface area contributed by atoms with Gasteiger partial charge in [-0.1, -0.05) is 44.2 Å². The van der Waals surface area contributed by atoms with E-state index < -0.39 is 0 Å². The average molecular weight is 188 g/mol. The number of hydrogen-bond donors (Lipinski definition) is 0. The van der Waals surface area contributed by atoms with Crippen LogP contribution in [0.1, 0.15) is 39.5 Å². The van der Waals surface area contributed by atoms with E-state index in [1.807, 2.05) is 6.08 Å². The predicted octanol–water partition coefficient (Wildman–Crippen LogP) is 4.57. The average Bonchev–Trinajstić information content (AvgIpc) is 2.18. The topological polar surface area (TPSA) is 0 Å². The van der Waals surface area contributed by atoms with E-state index in [0.29, 0.717) is 0 Å². The van der Waals surface area contributed by atoms with Crippen LogP contribution in [0.3, 0.4) is 0 Å². The molecule has 0 nitrogen and oxygen atoms in total. The molecule has 1 aliphatic rings. The van der Waals surface area contributed by atoms with Crippen molar-refractivity contribution in [2.24, 2.45) is 0 Å². The zero-order valence-corrected chi connectivity index (χ0v) is 9.34. The Morgan fingerprint density at radius 1 is 1.43 bits per heavy atom. The molecule has 0 aromatic carbocycles. The largest absolute Gasteiger partial charge is 0.0991 e. The molecular formula is C14H20. The highest BCUT2D eigenvalue weighted by molar-refractivity contribution is 5.48. The molecule has 1 aliphatic carbocycles. The minimum atomic E-state index is 1.16. The second-order valence-corrected chi connectivity index (χ2v) is 3.76. The molecule has 0 aromatic rings. The van der Waals surface area contributed by atoms with Gasteiger partial charge < -0.3 is 0 Å². The molecule has 0 atom stereocenters. The lowest BCUT2D eigenvalue weighted by molar-refractivity contribution is 0.897. The van der Waals surface area contributed by atoms with Crippen LogP contribution >= 0.6 is 0 Å². The van der Waals surface area contributed by atoms with Gasteiger partial charge in [0.25, 0.3) is 0 Å². The second-order valence-electron chi connectivity index (χ2n) is 3.76. The Bertz CT molecular complexity index is 287. The molecule has 0 aromatic heterocycles. The second kappa shape index (κ2) is 5.64. The molecule has 0 heteroatoms. The van der Waals surface area contributed by atoms with Crippen LogP contribution in [-0.2, 0) is 0 Å². The van der Waals surface area contributed by atoms with Gasteiger partial charge in [-0.2, -0.15) is 0 Å².